The highest BCUT2D eigenvalue weighted by Gasteiger charge is 2.24. The Labute approximate surface area is 139 Å². The first-order valence-electron chi connectivity index (χ1n) is 8.80. The van der Waals surface area contributed by atoms with E-state index in [0.29, 0.717) is 10.8 Å². The minimum absolute atomic E-state index is 0.404. The van der Waals surface area contributed by atoms with E-state index >= 15 is 0 Å². The van der Waals surface area contributed by atoms with Crippen molar-refractivity contribution < 1.29 is 0 Å². The van der Waals surface area contributed by atoms with Crippen molar-refractivity contribution >= 4 is 0 Å². The van der Waals surface area contributed by atoms with E-state index in [0.717, 1.165) is 6.42 Å². The van der Waals surface area contributed by atoms with Gasteiger partial charge in [-0.25, -0.2) is 0 Å². The Morgan fingerprint density at radius 2 is 1.59 bits per heavy atom. The zero-order chi connectivity index (χ0) is 16.8. The first-order valence-corrected chi connectivity index (χ1v) is 8.80. The summed E-state index contributed by atoms with van der Waals surface area (Å²) in [5, 5.41) is 0. The molecule has 0 nitrogen and oxygen atoms in total. The summed E-state index contributed by atoms with van der Waals surface area (Å²) in [7, 11) is 0. The standard InChI is InChI=1S/C22H36/c1-8-9-10-18(2)17-20-12-14-22(6,7)16-15-21(4,5)13-11-19(20)3/h8-12H,13-17H2,1-7H3/b9-8+,18-10+,19-11-,20-12-. The lowest BCUT2D eigenvalue weighted by molar-refractivity contribution is 0.241. The van der Waals surface area contributed by atoms with E-state index < -0.39 is 0 Å². The highest BCUT2D eigenvalue weighted by atomic mass is 14.3. The molecule has 0 saturated carbocycles. The van der Waals surface area contributed by atoms with Crippen molar-refractivity contribution in [3.63, 3.8) is 0 Å². The molecule has 0 atom stereocenters. The van der Waals surface area contributed by atoms with Gasteiger partial charge in [0.05, 0.1) is 0 Å². The molecule has 0 bridgehead atoms. The summed E-state index contributed by atoms with van der Waals surface area (Å²) >= 11 is 0. The van der Waals surface area contributed by atoms with Crippen LogP contribution in [0.25, 0.3) is 0 Å². The van der Waals surface area contributed by atoms with Crippen LogP contribution in [0.3, 0.4) is 0 Å². The van der Waals surface area contributed by atoms with E-state index in [1.54, 1.807) is 0 Å². The van der Waals surface area contributed by atoms with Gasteiger partial charge in [0.1, 0.15) is 0 Å². The molecule has 0 aliphatic heterocycles. The topological polar surface area (TPSA) is 0 Å². The maximum absolute atomic E-state index is 2.50. The molecule has 124 valence electrons. The monoisotopic (exact) mass is 300 g/mol. The van der Waals surface area contributed by atoms with Gasteiger partial charge in [-0.3, -0.25) is 0 Å². The van der Waals surface area contributed by atoms with Crippen LogP contribution in [0.5, 0.6) is 0 Å². The fraction of sp³-hybridized carbons (Fsp3) is 0.636. The van der Waals surface area contributed by atoms with Crippen molar-refractivity contribution in [3.05, 3.63) is 47.1 Å². The second kappa shape index (κ2) is 7.99. The van der Waals surface area contributed by atoms with Crippen LogP contribution in [0.2, 0.25) is 0 Å². The van der Waals surface area contributed by atoms with Crippen LogP contribution in [-0.2, 0) is 0 Å². The van der Waals surface area contributed by atoms with Gasteiger partial charge in [0.15, 0.2) is 0 Å². The molecule has 22 heavy (non-hydrogen) atoms. The number of hydrogen-bond acceptors (Lipinski definition) is 0. The molecular formula is C22H36. The summed E-state index contributed by atoms with van der Waals surface area (Å²) in [5.41, 5.74) is 5.24. The summed E-state index contributed by atoms with van der Waals surface area (Å²) in [5.74, 6) is 0. The van der Waals surface area contributed by atoms with Gasteiger partial charge in [0.25, 0.3) is 0 Å². The summed E-state index contributed by atoms with van der Waals surface area (Å²) in [6, 6.07) is 0. The lowest BCUT2D eigenvalue weighted by atomic mass is 9.74. The van der Waals surface area contributed by atoms with E-state index in [4.69, 9.17) is 0 Å². The van der Waals surface area contributed by atoms with Gasteiger partial charge in [-0.1, -0.05) is 69.2 Å². The van der Waals surface area contributed by atoms with Crippen molar-refractivity contribution in [3.8, 4) is 0 Å². The molecule has 0 fully saturated rings. The van der Waals surface area contributed by atoms with E-state index in [1.165, 1.54) is 42.4 Å². The highest BCUT2D eigenvalue weighted by molar-refractivity contribution is 5.34. The number of rotatable bonds is 3. The Kier molecular flexibility index (Phi) is 6.91. The van der Waals surface area contributed by atoms with E-state index in [9.17, 15) is 0 Å². The van der Waals surface area contributed by atoms with Crippen molar-refractivity contribution in [2.24, 2.45) is 10.8 Å². The smallest absolute Gasteiger partial charge is 0.00674 e. The van der Waals surface area contributed by atoms with Gasteiger partial charge in [0.2, 0.25) is 0 Å². The highest BCUT2D eigenvalue weighted by Crippen LogP contribution is 2.38. The molecule has 1 rings (SSSR count). The molecule has 0 aromatic heterocycles. The predicted molar refractivity (Wildman–Crippen MR) is 101 cm³/mol. The summed E-state index contributed by atoms with van der Waals surface area (Å²) in [6.45, 7) is 16.3. The Morgan fingerprint density at radius 1 is 1.05 bits per heavy atom. The molecule has 0 heteroatoms. The first-order chi connectivity index (χ1) is 10.2. The Balaban J connectivity index is 3.05. The molecule has 1 aliphatic carbocycles. The summed E-state index contributed by atoms with van der Waals surface area (Å²) < 4.78 is 0. The van der Waals surface area contributed by atoms with Crippen LogP contribution >= 0.6 is 0 Å². The van der Waals surface area contributed by atoms with Gasteiger partial charge in [-0.05, 0) is 69.3 Å². The fourth-order valence-corrected chi connectivity index (χ4v) is 2.83. The van der Waals surface area contributed by atoms with Gasteiger partial charge in [-0.15, -0.1) is 0 Å². The molecular weight excluding hydrogens is 264 g/mol. The summed E-state index contributed by atoms with van der Waals surface area (Å²) in [6.07, 6.45) is 17.5. The third-order valence-electron chi connectivity index (χ3n) is 4.89. The van der Waals surface area contributed by atoms with Crippen LogP contribution in [0.15, 0.2) is 47.1 Å². The van der Waals surface area contributed by atoms with E-state index in [-0.39, 0.29) is 0 Å². The van der Waals surface area contributed by atoms with Crippen molar-refractivity contribution in [1.82, 2.24) is 0 Å². The van der Waals surface area contributed by atoms with Crippen LogP contribution in [0.1, 0.15) is 80.6 Å². The number of allylic oxidation sites excluding steroid dienone is 8. The molecule has 0 aromatic carbocycles. The maximum Gasteiger partial charge on any atom is -0.00674 e. The molecule has 0 spiro atoms. The van der Waals surface area contributed by atoms with Gasteiger partial charge in [0, 0.05) is 0 Å². The Bertz CT molecular complexity index is 478. The SMILES string of the molecule is C/C=C/C=C(\C)CC1=C/CC(C)(C)CCC(C)(C)C/C=C\1C. The van der Waals surface area contributed by atoms with Gasteiger partial charge in [-0.2, -0.15) is 0 Å². The second-order valence-electron chi connectivity index (χ2n) is 8.57. The van der Waals surface area contributed by atoms with Gasteiger partial charge >= 0.3 is 0 Å². The van der Waals surface area contributed by atoms with Crippen molar-refractivity contribution in [1.29, 1.82) is 0 Å². The average molecular weight is 301 g/mol. The second-order valence-corrected chi connectivity index (χ2v) is 8.57. The third kappa shape index (κ3) is 6.81. The van der Waals surface area contributed by atoms with Crippen molar-refractivity contribution in [2.45, 2.75) is 80.6 Å². The van der Waals surface area contributed by atoms with Crippen LogP contribution in [0.4, 0.5) is 0 Å². The van der Waals surface area contributed by atoms with Crippen LogP contribution < -0.4 is 0 Å². The van der Waals surface area contributed by atoms with Crippen LogP contribution in [-0.4, -0.2) is 0 Å². The average Bonchev–Trinajstić information content (AvgIpc) is 2.44. The molecule has 0 saturated heterocycles. The van der Waals surface area contributed by atoms with Crippen LogP contribution in [0, 0.1) is 10.8 Å². The third-order valence-corrected chi connectivity index (χ3v) is 4.89. The van der Waals surface area contributed by atoms with Crippen molar-refractivity contribution in [2.75, 3.05) is 0 Å². The molecule has 0 amide bonds. The zero-order valence-corrected chi connectivity index (χ0v) is 15.9. The Hall–Kier alpha value is -1.04. The Morgan fingerprint density at radius 3 is 2.14 bits per heavy atom. The maximum atomic E-state index is 2.50. The largest absolute Gasteiger partial charge is 0.0877 e. The fourth-order valence-electron chi connectivity index (χ4n) is 2.83. The molecule has 0 heterocycles. The minimum atomic E-state index is 0.404. The van der Waals surface area contributed by atoms with E-state index in [2.05, 4.69) is 78.8 Å². The summed E-state index contributed by atoms with van der Waals surface area (Å²) in [4.78, 5) is 0. The minimum Gasteiger partial charge on any atom is -0.0877 e. The lowest BCUT2D eigenvalue weighted by Crippen LogP contribution is -2.18. The first kappa shape index (κ1) is 19.0. The quantitative estimate of drug-likeness (QED) is 0.476. The predicted octanol–water partition coefficient (Wildman–Crippen LogP) is 7.40. The molecule has 0 N–H and O–H groups in total. The van der Waals surface area contributed by atoms with E-state index in [1.807, 2.05) is 0 Å². The molecule has 1 aliphatic rings. The molecule has 0 radical (unpaired) electrons. The zero-order valence-electron chi connectivity index (χ0n) is 15.9. The normalized spacial score (nSPS) is 27.9. The molecule has 0 unspecified atom stereocenters. The number of hydrogen-bond donors (Lipinski definition) is 0. The molecule has 0 aromatic rings. The lowest BCUT2D eigenvalue weighted by Gasteiger charge is -2.31. The van der Waals surface area contributed by atoms with Gasteiger partial charge < -0.3 is 0 Å².